The van der Waals surface area contributed by atoms with E-state index in [1.165, 1.54) is 0 Å². The first-order chi connectivity index (χ1) is 16.4. The quantitative estimate of drug-likeness (QED) is 0.0507. The van der Waals surface area contributed by atoms with Gasteiger partial charge in [-0.05, 0) is 0 Å². The number of carbonyl (C=O) groups is 3. The second-order valence-corrected chi connectivity index (χ2v) is 8.39. The van der Waals surface area contributed by atoms with Crippen LogP contribution in [0.2, 0.25) is 0 Å². The summed E-state index contributed by atoms with van der Waals surface area (Å²) < 4.78 is 38.1. The van der Waals surface area contributed by atoms with Crippen molar-refractivity contribution < 1.29 is 46.0 Å². The van der Waals surface area contributed by atoms with E-state index < -0.39 is 40.4 Å². The molecular formula is C17H22N7O9S2+. The van der Waals surface area contributed by atoms with Gasteiger partial charge in [-0.2, -0.15) is 8.42 Å². The average molecular weight is 533 g/mol. The highest BCUT2D eigenvalue weighted by atomic mass is 32.3. The molecule has 0 saturated carbocycles. The van der Waals surface area contributed by atoms with Gasteiger partial charge in [0.2, 0.25) is 5.91 Å². The summed E-state index contributed by atoms with van der Waals surface area (Å²) in [5, 5.41) is 10.7. The highest BCUT2D eigenvalue weighted by Gasteiger charge is 2.42. The normalized spacial score (nSPS) is 17.2. The van der Waals surface area contributed by atoms with Crippen molar-refractivity contribution in [3.05, 3.63) is 41.7 Å². The van der Waals surface area contributed by atoms with Crippen molar-refractivity contribution in [2.45, 2.75) is 18.6 Å². The molecule has 1 aliphatic rings. The fraction of sp³-hybridized carbons (Fsp3) is 0.294. The van der Waals surface area contributed by atoms with Gasteiger partial charge in [-0.1, -0.05) is 11.2 Å². The summed E-state index contributed by atoms with van der Waals surface area (Å²) in [5.41, 5.74) is 10.7. The lowest BCUT2D eigenvalue weighted by molar-refractivity contribution is -0.698. The topological polar surface area (TPSA) is 250 Å². The molecule has 2 atom stereocenters. The highest BCUT2D eigenvalue weighted by Crippen LogP contribution is 2.14. The molecule has 3 amide bonds. The van der Waals surface area contributed by atoms with Crippen molar-refractivity contribution >= 4 is 50.5 Å². The Hall–Kier alpha value is -3.87. The number of pyridine rings is 1. The Balaban J connectivity index is 0.000000784. The van der Waals surface area contributed by atoms with Crippen molar-refractivity contribution in [2.75, 3.05) is 18.9 Å². The molecular weight excluding hydrogens is 510 g/mol. The lowest BCUT2D eigenvalue weighted by Gasteiger charge is -2.36. The van der Waals surface area contributed by atoms with E-state index in [9.17, 15) is 14.4 Å². The standard InChI is InChI=1S/C17H19N7O5S.H2O4S/c18-16-21-11(9-30-16)13(23-29-7-6-24-4-2-1-3-5-24)15(26)22-12-10(20-14(12)25)8-28-17(19)27;1-5(2,3)4/h1-5,9-10,12H,6-8H2,(H5-,18,19,20,21,22,25,26,27);(H2,1,2,3,4)/p+1/b23-13-;. The number of oxime groups is 1. The molecule has 35 heavy (non-hydrogen) atoms. The number of aromatic nitrogens is 2. The first kappa shape index (κ1) is 27.4. The van der Waals surface area contributed by atoms with E-state index in [1.54, 1.807) is 5.38 Å². The third-order valence-electron chi connectivity index (χ3n) is 4.06. The van der Waals surface area contributed by atoms with Gasteiger partial charge in [-0.3, -0.25) is 18.7 Å². The number of nitrogens with one attached hydrogen (secondary N) is 2. The predicted molar refractivity (Wildman–Crippen MR) is 119 cm³/mol. The van der Waals surface area contributed by atoms with Gasteiger partial charge >= 0.3 is 16.5 Å². The van der Waals surface area contributed by atoms with Gasteiger partial charge in [0, 0.05) is 17.5 Å². The molecule has 0 radical (unpaired) electrons. The largest absolute Gasteiger partial charge is 0.447 e. The lowest BCUT2D eigenvalue weighted by Crippen LogP contribution is -2.71. The summed E-state index contributed by atoms with van der Waals surface area (Å²) in [6.07, 6.45) is 2.75. The maximum atomic E-state index is 12.7. The summed E-state index contributed by atoms with van der Waals surface area (Å²) >= 11 is 1.13. The Morgan fingerprint density at radius 1 is 1.29 bits per heavy atom. The fourth-order valence-electron chi connectivity index (χ4n) is 2.57. The van der Waals surface area contributed by atoms with Gasteiger partial charge in [0.1, 0.15) is 18.3 Å². The van der Waals surface area contributed by atoms with Crippen LogP contribution in [0.25, 0.3) is 0 Å². The molecule has 1 saturated heterocycles. The summed E-state index contributed by atoms with van der Waals surface area (Å²) in [7, 11) is -4.67. The SMILES string of the molecule is NC(=O)OCC1NC(=O)C1NC(=O)/C(=N\OCC[n+]1ccccc1)c1csc(N)n1.O=S(=O)(O)O. The minimum absolute atomic E-state index is 0.129. The number of β-lactam (4-membered cyclic amide) rings is 1. The molecule has 1 fully saturated rings. The maximum absolute atomic E-state index is 12.7. The first-order valence-electron chi connectivity index (χ1n) is 9.53. The van der Waals surface area contributed by atoms with Crippen LogP contribution in [0.5, 0.6) is 0 Å². The molecule has 8 N–H and O–H groups in total. The molecule has 2 aromatic rings. The first-order valence-corrected chi connectivity index (χ1v) is 11.8. The monoisotopic (exact) mass is 532 g/mol. The number of rotatable bonds is 9. The smallest absolute Gasteiger partial charge is 0.404 e. The lowest BCUT2D eigenvalue weighted by atomic mass is 9.99. The van der Waals surface area contributed by atoms with Crippen molar-refractivity contribution in [3.63, 3.8) is 0 Å². The molecule has 2 aromatic heterocycles. The molecule has 1 aliphatic heterocycles. The number of nitrogens with zero attached hydrogens (tertiary/aromatic N) is 3. The van der Waals surface area contributed by atoms with E-state index in [1.807, 2.05) is 35.2 Å². The second kappa shape index (κ2) is 12.6. The molecule has 3 rings (SSSR count). The highest BCUT2D eigenvalue weighted by molar-refractivity contribution is 7.79. The Morgan fingerprint density at radius 3 is 2.49 bits per heavy atom. The minimum atomic E-state index is -4.67. The number of amides is 3. The average Bonchev–Trinajstić information content (AvgIpc) is 3.20. The summed E-state index contributed by atoms with van der Waals surface area (Å²) in [6, 6.07) is 4.12. The summed E-state index contributed by atoms with van der Waals surface area (Å²) in [6.45, 7) is 0.535. The Labute approximate surface area is 202 Å². The van der Waals surface area contributed by atoms with E-state index in [4.69, 9.17) is 33.8 Å². The number of hydrogen-bond acceptors (Lipinski definition) is 11. The maximum Gasteiger partial charge on any atom is 0.404 e. The van der Waals surface area contributed by atoms with Crippen molar-refractivity contribution in [1.82, 2.24) is 15.6 Å². The van der Waals surface area contributed by atoms with Crippen molar-refractivity contribution in [2.24, 2.45) is 10.9 Å². The molecule has 0 bridgehead atoms. The Morgan fingerprint density at radius 2 is 1.94 bits per heavy atom. The number of nitrogen functional groups attached to an aromatic ring is 1. The number of ether oxygens (including phenoxy) is 1. The van der Waals surface area contributed by atoms with Crippen LogP contribution < -0.4 is 26.7 Å². The van der Waals surface area contributed by atoms with Gasteiger partial charge < -0.3 is 31.7 Å². The van der Waals surface area contributed by atoms with Crippen LogP contribution in [0.4, 0.5) is 9.93 Å². The molecule has 0 spiro atoms. The zero-order valence-corrected chi connectivity index (χ0v) is 19.4. The zero-order valence-electron chi connectivity index (χ0n) is 17.8. The van der Waals surface area contributed by atoms with Crippen LogP contribution in [0.1, 0.15) is 5.69 Å². The number of nitrogens with two attached hydrogens (primary N) is 2. The minimum Gasteiger partial charge on any atom is -0.447 e. The van der Waals surface area contributed by atoms with E-state index in [0.717, 1.165) is 11.3 Å². The summed E-state index contributed by atoms with van der Waals surface area (Å²) in [5.74, 6) is -1.11. The van der Waals surface area contributed by atoms with Crippen LogP contribution in [0, 0.1) is 0 Å². The van der Waals surface area contributed by atoms with Crippen LogP contribution in [0.15, 0.2) is 41.1 Å². The second-order valence-electron chi connectivity index (χ2n) is 6.60. The molecule has 16 nitrogen and oxygen atoms in total. The predicted octanol–water partition coefficient (Wildman–Crippen LogP) is -2.14. The number of anilines is 1. The van der Waals surface area contributed by atoms with Gasteiger partial charge in [0.05, 0.1) is 6.04 Å². The Bertz CT molecular complexity index is 1160. The Kier molecular flexibility index (Phi) is 9.82. The summed E-state index contributed by atoms with van der Waals surface area (Å²) in [4.78, 5) is 44.6. The van der Waals surface area contributed by atoms with E-state index in [2.05, 4.69) is 25.5 Å². The van der Waals surface area contributed by atoms with E-state index in [-0.39, 0.29) is 29.8 Å². The molecule has 3 heterocycles. The molecule has 0 aliphatic carbocycles. The molecule has 190 valence electrons. The molecule has 18 heteroatoms. The van der Waals surface area contributed by atoms with Gasteiger partial charge in [0.15, 0.2) is 36.4 Å². The van der Waals surface area contributed by atoms with Gasteiger partial charge in [-0.15, -0.1) is 11.3 Å². The van der Waals surface area contributed by atoms with Crippen LogP contribution >= 0.6 is 11.3 Å². The van der Waals surface area contributed by atoms with Crippen LogP contribution in [-0.2, 0) is 36.1 Å². The third kappa shape index (κ3) is 9.88. The van der Waals surface area contributed by atoms with Crippen LogP contribution in [-0.4, -0.2) is 71.4 Å². The third-order valence-corrected chi connectivity index (χ3v) is 4.73. The van der Waals surface area contributed by atoms with Gasteiger partial charge in [0.25, 0.3) is 5.91 Å². The van der Waals surface area contributed by atoms with Crippen LogP contribution in [0.3, 0.4) is 0 Å². The van der Waals surface area contributed by atoms with E-state index >= 15 is 0 Å². The zero-order chi connectivity index (χ0) is 26.0. The molecule has 2 unspecified atom stereocenters. The number of thiazole rings is 1. The number of hydrogen-bond donors (Lipinski definition) is 6. The number of primary amides is 1. The van der Waals surface area contributed by atoms with Crippen molar-refractivity contribution in [3.8, 4) is 0 Å². The number of carbonyl (C=O) groups excluding carboxylic acids is 3. The van der Waals surface area contributed by atoms with Gasteiger partial charge in [-0.25, -0.2) is 14.3 Å². The van der Waals surface area contributed by atoms with E-state index in [0.29, 0.717) is 6.54 Å². The van der Waals surface area contributed by atoms with Crippen molar-refractivity contribution in [1.29, 1.82) is 0 Å². The molecule has 0 aromatic carbocycles. The fourth-order valence-corrected chi connectivity index (χ4v) is 3.12.